The van der Waals surface area contributed by atoms with Crippen LogP contribution in [0.4, 0.5) is 5.69 Å². The number of nitrogens with two attached hydrogens (primary N) is 1. The van der Waals surface area contributed by atoms with Crippen LogP contribution >= 0.6 is 11.6 Å². The molecular weight excluding hydrogens is 266 g/mol. The van der Waals surface area contributed by atoms with Crippen LogP contribution in [0.5, 0.6) is 0 Å². The van der Waals surface area contributed by atoms with Crippen molar-refractivity contribution in [2.75, 3.05) is 5.73 Å². The van der Waals surface area contributed by atoms with E-state index in [9.17, 15) is 4.21 Å². The Morgan fingerprint density at radius 3 is 2.89 bits per heavy atom. The van der Waals surface area contributed by atoms with Crippen molar-refractivity contribution in [2.45, 2.75) is 43.6 Å². The highest BCUT2D eigenvalue weighted by Gasteiger charge is 2.24. The molecule has 2 nitrogen and oxygen atoms in total. The molecule has 0 aliphatic heterocycles. The molecule has 2 N–H and O–H groups in total. The second kappa shape index (κ2) is 6.07. The van der Waals surface area contributed by atoms with E-state index in [0.717, 1.165) is 18.4 Å². The lowest BCUT2D eigenvalue weighted by molar-refractivity contribution is 0.389. The van der Waals surface area contributed by atoms with Gasteiger partial charge in [0.15, 0.2) is 0 Å². The monoisotopic (exact) mass is 285 g/mol. The van der Waals surface area contributed by atoms with Crippen molar-refractivity contribution in [1.82, 2.24) is 0 Å². The van der Waals surface area contributed by atoms with Gasteiger partial charge in [0.1, 0.15) is 0 Å². The van der Waals surface area contributed by atoms with Gasteiger partial charge in [-0.25, -0.2) is 0 Å². The fraction of sp³-hybridized carbons (Fsp3) is 0.571. The van der Waals surface area contributed by atoms with Crippen LogP contribution < -0.4 is 5.73 Å². The van der Waals surface area contributed by atoms with Gasteiger partial charge in [-0.2, -0.15) is 0 Å². The smallest absolute Gasteiger partial charge is 0.0503 e. The second-order valence-electron chi connectivity index (χ2n) is 5.27. The largest absolute Gasteiger partial charge is 0.399 e. The zero-order chi connectivity index (χ0) is 13.1. The van der Waals surface area contributed by atoms with E-state index in [1.54, 1.807) is 6.07 Å². The highest BCUT2D eigenvalue weighted by atomic mass is 35.5. The Morgan fingerprint density at radius 2 is 2.22 bits per heavy atom. The summed E-state index contributed by atoms with van der Waals surface area (Å²) >= 11 is 6.13. The average Bonchev–Trinajstić information content (AvgIpc) is 2.32. The van der Waals surface area contributed by atoms with Crippen molar-refractivity contribution in [3.05, 3.63) is 28.8 Å². The fourth-order valence-electron chi connectivity index (χ4n) is 2.57. The number of nitrogen functional groups attached to an aromatic ring is 1. The summed E-state index contributed by atoms with van der Waals surface area (Å²) in [5.41, 5.74) is 7.26. The van der Waals surface area contributed by atoms with Crippen LogP contribution in [0.1, 0.15) is 38.2 Å². The minimum Gasteiger partial charge on any atom is -0.399 e. The van der Waals surface area contributed by atoms with E-state index in [1.807, 2.05) is 12.1 Å². The lowest BCUT2D eigenvalue weighted by Gasteiger charge is -2.26. The third-order valence-corrected chi connectivity index (χ3v) is 5.75. The summed E-state index contributed by atoms with van der Waals surface area (Å²) in [6.45, 7) is 2.25. The zero-order valence-corrected chi connectivity index (χ0v) is 12.3. The standard InChI is InChI=1S/C14H20ClNOS/c1-10-3-2-4-13(7-10)18(17)9-11-5-6-12(16)8-14(11)15/h5-6,8,10,13H,2-4,7,9,16H2,1H3. The zero-order valence-electron chi connectivity index (χ0n) is 10.7. The Balaban J connectivity index is 2.02. The van der Waals surface area contributed by atoms with Crippen LogP contribution in [0.25, 0.3) is 0 Å². The molecule has 0 bridgehead atoms. The summed E-state index contributed by atoms with van der Waals surface area (Å²) in [5, 5.41) is 0.967. The predicted molar refractivity (Wildman–Crippen MR) is 79.1 cm³/mol. The lowest BCUT2D eigenvalue weighted by Crippen LogP contribution is -2.24. The molecule has 0 amide bonds. The van der Waals surface area contributed by atoms with E-state index in [-0.39, 0.29) is 0 Å². The number of hydrogen-bond acceptors (Lipinski definition) is 2. The summed E-state index contributed by atoms with van der Waals surface area (Å²) < 4.78 is 12.4. The highest BCUT2D eigenvalue weighted by Crippen LogP contribution is 2.29. The van der Waals surface area contributed by atoms with Crippen LogP contribution in [-0.2, 0) is 16.6 Å². The Morgan fingerprint density at radius 1 is 1.44 bits per heavy atom. The van der Waals surface area contributed by atoms with Crippen molar-refractivity contribution in [1.29, 1.82) is 0 Å². The molecule has 1 aromatic rings. The Hall–Kier alpha value is -0.540. The summed E-state index contributed by atoms with van der Waals surface area (Å²) in [6.07, 6.45) is 4.64. The van der Waals surface area contributed by atoms with Crippen LogP contribution in [0.3, 0.4) is 0 Å². The predicted octanol–water partition coefficient (Wildman–Crippen LogP) is 3.75. The normalized spacial score (nSPS) is 25.9. The van der Waals surface area contributed by atoms with Crippen LogP contribution in [0.2, 0.25) is 5.02 Å². The van der Waals surface area contributed by atoms with Gasteiger partial charge in [0.25, 0.3) is 0 Å². The molecule has 18 heavy (non-hydrogen) atoms. The van der Waals surface area contributed by atoms with Gasteiger partial charge < -0.3 is 5.73 Å². The number of anilines is 1. The quantitative estimate of drug-likeness (QED) is 0.860. The number of halogens is 1. The first kappa shape index (κ1) is 13.9. The number of hydrogen-bond donors (Lipinski definition) is 1. The first-order valence-electron chi connectivity index (χ1n) is 6.47. The van der Waals surface area contributed by atoms with Crippen molar-refractivity contribution in [3.63, 3.8) is 0 Å². The Kier molecular flexibility index (Phi) is 4.68. The van der Waals surface area contributed by atoms with Gasteiger partial charge in [-0.3, -0.25) is 4.21 Å². The first-order chi connectivity index (χ1) is 8.56. The van der Waals surface area contributed by atoms with Gasteiger partial charge in [-0.15, -0.1) is 0 Å². The molecule has 3 unspecified atom stereocenters. The molecular formula is C14H20ClNOS. The molecule has 1 saturated carbocycles. The van der Waals surface area contributed by atoms with Crippen LogP contribution in [-0.4, -0.2) is 9.46 Å². The van der Waals surface area contributed by atoms with E-state index >= 15 is 0 Å². The summed E-state index contributed by atoms with van der Waals surface area (Å²) in [6, 6.07) is 5.45. The van der Waals surface area contributed by atoms with E-state index in [1.165, 1.54) is 12.8 Å². The summed E-state index contributed by atoms with van der Waals surface area (Å²) in [5.74, 6) is 1.26. The van der Waals surface area contributed by atoms with Gasteiger partial charge >= 0.3 is 0 Å². The van der Waals surface area contributed by atoms with Crippen LogP contribution in [0, 0.1) is 5.92 Å². The van der Waals surface area contributed by atoms with E-state index in [4.69, 9.17) is 17.3 Å². The van der Waals surface area contributed by atoms with Gasteiger partial charge in [-0.05, 0) is 36.5 Å². The molecule has 0 spiro atoms. The molecule has 1 aromatic carbocycles. The molecule has 3 atom stereocenters. The van der Waals surface area contributed by atoms with E-state index < -0.39 is 10.8 Å². The van der Waals surface area contributed by atoms with Gasteiger partial charge in [0.2, 0.25) is 0 Å². The third kappa shape index (κ3) is 3.48. The maximum Gasteiger partial charge on any atom is 0.0503 e. The maximum absolute atomic E-state index is 12.4. The molecule has 4 heteroatoms. The minimum atomic E-state index is -0.820. The van der Waals surface area contributed by atoms with Crippen molar-refractivity contribution >= 4 is 28.1 Å². The SMILES string of the molecule is CC1CCCC(S(=O)Cc2ccc(N)cc2Cl)C1. The Bertz CT molecular complexity index is 449. The topological polar surface area (TPSA) is 43.1 Å². The lowest BCUT2D eigenvalue weighted by atomic mass is 9.91. The molecule has 1 aliphatic rings. The third-order valence-electron chi connectivity index (χ3n) is 3.63. The number of rotatable bonds is 3. The molecule has 100 valence electrons. The summed E-state index contributed by atoms with van der Waals surface area (Å²) in [7, 11) is -0.820. The first-order valence-corrected chi connectivity index (χ1v) is 8.23. The van der Waals surface area contributed by atoms with Crippen molar-refractivity contribution in [3.8, 4) is 0 Å². The van der Waals surface area contributed by atoms with Gasteiger partial charge in [-0.1, -0.05) is 37.4 Å². The maximum atomic E-state index is 12.4. The second-order valence-corrected chi connectivity index (χ2v) is 7.39. The van der Waals surface area contributed by atoms with Crippen LogP contribution in [0.15, 0.2) is 18.2 Å². The summed E-state index contributed by atoms with van der Waals surface area (Å²) in [4.78, 5) is 0. The molecule has 0 saturated heterocycles. The highest BCUT2D eigenvalue weighted by molar-refractivity contribution is 7.84. The average molecular weight is 286 g/mol. The molecule has 0 heterocycles. The van der Waals surface area contributed by atoms with E-state index in [0.29, 0.717) is 27.6 Å². The van der Waals surface area contributed by atoms with Gasteiger partial charge in [0.05, 0.1) is 5.75 Å². The number of benzene rings is 1. The molecule has 0 aromatic heterocycles. The van der Waals surface area contributed by atoms with E-state index in [2.05, 4.69) is 6.92 Å². The van der Waals surface area contributed by atoms with Crippen molar-refractivity contribution in [2.24, 2.45) is 5.92 Å². The molecule has 2 rings (SSSR count). The van der Waals surface area contributed by atoms with Crippen molar-refractivity contribution < 1.29 is 4.21 Å². The fourth-order valence-corrected chi connectivity index (χ4v) is 4.67. The minimum absolute atomic E-state index is 0.336. The Labute approximate surface area is 116 Å². The van der Waals surface area contributed by atoms with Gasteiger partial charge in [0, 0.05) is 26.8 Å². The molecule has 1 aliphatic carbocycles. The molecule has 1 fully saturated rings. The molecule has 0 radical (unpaired) electrons.